The Labute approximate surface area is 392 Å². The Balaban J connectivity index is 0.000000160. The van der Waals surface area contributed by atoms with Crippen molar-refractivity contribution in [1.29, 1.82) is 10.5 Å². The third-order valence-corrected chi connectivity index (χ3v) is 10.7. The summed E-state index contributed by atoms with van der Waals surface area (Å²) in [7, 11) is 0. The molecule has 3 aliphatic rings. The average molecular weight is 951 g/mol. The lowest BCUT2D eigenvalue weighted by atomic mass is 10.0. The highest BCUT2D eigenvalue weighted by Gasteiger charge is 2.36. The highest BCUT2D eigenvalue weighted by Crippen LogP contribution is 2.33. The molecule has 0 aliphatic carbocycles. The molecule has 6 aromatic rings. The maximum Gasteiger partial charge on any atom is 0.199 e. The number of halogens is 4. The number of hydrogen-bond acceptors (Lipinski definition) is 14. The second-order valence-corrected chi connectivity index (χ2v) is 16.1. The summed E-state index contributed by atoms with van der Waals surface area (Å²) in [5.41, 5.74) is 3.51. The first-order chi connectivity index (χ1) is 30.9. The van der Waals surface area contributed by atoms with Crippen LogP contribution >= 0.6 is 46.4 Å². The highest BCUT2D eigenvalue weighted by molar-refractivity contribution is 6.40. The van der Waals surface area contributed by atoms with Crippen LogP contribution in [0.2, 0.25) is 20.6 Å². The van der Waals surface area contributed by atoms with Crippen molar-refractivity contribution < 1.29 is 28.5 Å². The van der Waals surface area contributed by atoms with Gasteiger partial charge in [-0.2, -0.15) is 10.5 Å². The van der Waals surface area contributed by atoms with Crippen LogP contribution < -0.4 is 0 Å². The van der Waals surface area contributed by atoms with Gasteiger partial charge in [-0.05, 0) is 102 Å². The van der Waals surface area contributed by atoms with Gasteiger partial charge in [0.15, 0.2) is 44.6 Å². The second-order valence-electron chi connectivity index (χ2n) is 14.6. The van der Waals surface area contributed by atoms with Gasteiger partial charge in [-0.1, -0.05) is 82.8 Å². The van der Waals surface area contributed by atoms with Crippen LogP contribution in [0.1, 0.15) is 88.3 Å². The number of carbonyl (C=O) groups excluding carboxylic acids is 1. The molecular weight excluding hydrogens is 902 g/mol. The number of para-hydroxylation sites is 6. The van der Waals surface area contributed by atoms with Gasteiger partial charge in [0.05, 0.1) is 39.2 Å². The number of benzene rings is 3. The third-order valence-electron chi connectivity index (χ3n) is 9.55. The molecular formula is C46H48Cl4N8O6. The first-order valence-electron chi connectivity index (χ1n) is 20.8. The van der Waals surface area contributed by atoms with E-state index in [0.29, 0.717) is 34.4 Å². The van der Waals surface area contributed by atoms with E-state index in [-0.39, 0.29) is 44.5 Å². The summed E-state index contributed by atoms with van der Waals surface area (Å²) >= 11 is 23.4. The molecule has 4 atom stereocenters. The Morgan fingerprint density at radius 1 is 0.641 bits per heavy atom. The summed E-state index contributed by atoms with van der Waals surface area (Å²) in [6.45, 7) is 8.21. The molecule has 14 nitrogen and oxygen atoms in total. The molecule has 3 aromatic heterocycles. The smallest absolute Gasteiger partial charge is 0.199 e. The molecule has 3 saturated heterocycles. The quantitative estimate of drug-likeness (QED) is 0.143. The van der Waals surface area contributed by atoms with Crippen LogP contribution in [-0.2, 0) is 29.3 Å². The number of nitriles is 2. The van der Waals surface area contributed by atoms with Gasteiger partial charge >= 0.3 is 0 Å². The van der Waals surface area contributed by atoms with Crippen LogP contribution in [0.4, 0.5) is 0 Å². The van der Waals surface area contributed by atoms with E-state index in [0.717, 1.165) is 69.4 Å². The van der Waals surface area contributed by atoms with Gasteiger partial charge < -0.3 is 23.7 Å². The Kier molecular flexibility index (Phi) is 20.2. The van der Waals surface area contributed by atoms with Crippen molar-refractivity contribution in [3.63, 3.8) is 0 Å². The molecule has 6 heterocycles. The zero-order valence-electron chi connectivity index (χ0n) is 35.7. The normalized spacial score (nSPS) is 18.1. The van der Waals surface area contributed by atoms with Crippen molar-refractivity contribution in [3.05, 3.63) is 105 Å². The first kappa shape index (κ1) is 50.3. The van der Waals surface area contributed by atoms with Crippen molar-refractivity contribution >= 4 is 85.3 Å². The fourth-order valence-corrected chi connectivity index (χ4v) is 7.08. The third kappa shape index (κ3) is 15.2. The molecule has 3 fully saturated rings. The van der Waals surface area contributed by atoms with Crippen LogP contribution in [0.25, 0.3) is 33.1 Å². The molecule has 0 amide bonds. The molecule has 9 rings (SSSR count). The number of nitrogens with zero attached hydrogens (tertiary/aromatic N) is 8. The summed E-state index contributed by atoms with van der Waals surface area (Å²) in [4.78, 5) is 36.2. The number of fused-ring (bicyclic) bond motifs is 3. The maximum absolute atomic E-state index is 11.1. The van der Waals surface area contributed by atoms with Crippen LogP contribution in [0.5, 0.6) is 0 Å². The predicted octanol–water partition coefficient (Wildman–Crippen LogP) is 11.2. The zero-order chi connectivity index (χ0) is 45.9. The number of ether oxygens (including phenoxy) is 5. The standard InChI is InChI=1S/C16H16ClN3O2.C10H7ClN2O.C8H4Cl2N2.C8H13NO2.C4H8O/c1-16(10-18,22-13-8-4-5-9-21-13)14-15(17)20-12-7-3-2-6-11(12)19-14;1-6(14)9-10(11)13-8-5-3-2-4-7(8)12-9;9-7-8(10)12-6-4-2-1-3-5(6)11-7;1-7(6-9)11-8-4-2-3-5-10-8;1-2-4-5-3-1/h2-3,6-7,13H,4-5,8-9H2,1H3;2-5H,1H3;1-4H;7-8H,2-5H2,1H3;1-4H2. The van der Waals surface area contributed by atoms with E-state index in [1.807, 2.05) is 66.7 Å². The molecule has 336 valence electrons. The topological polar surface area (TPSA) is 188 Å². The monoisotopic (exact) mass is 948 g/mol. The minimum atomic E-state index is -1.30. The number of ketones is 1. The molecule has 0 bridgehead atoms. The Morgan fingerprint density at radius 2 is 1.06 bits per heavy atom. The second kappa shape index (κ2) is 25.7. The van der Waals surface area contributed by atoms with E-state index in [2.05, 4.69) is 36.0 Å². The van der Waals surface area contributed by atoms with Gasteiger partial charge in [0.2, 0.25) is 0 Å². The lowest BCUT2D eigenvalue weighted by Gasteiger charge is -2.30. The van der Waals surface area contributed by atoms with E-state index in [1.165, 1.54) is 19.8 Å². The molecule has 3 aliphatic heterocycles. The predicted molar refractivity (Wildman–Crippen MR) is 246 cm³/mol. The molecule has 64 heavy (non-hydrogen) atoms. The van der Waals surface area contributed by atoms with Crippen LogP contribution in [0.3, 0.4) is 0 Å². The van der Waals surface area contributed by atoms with E-state index in [9.17, 15) is 10.1 Å². The zero-order valence-corrected chi connectivity index (χ0v) is 38.7. The minimum absolute atomic E-state index is 0.140. The Morgan fingerprint density at radius 3 is 1.47 bits per heavy atom. The van der Waals surface area contributed by atoms with E-state index in [1.54, 1.807) is 26.0 Å². The summed E-state index contributed by atoms with van der Waals surface area (Å²) in [5, 5.41) is 18.9. The van der Waals surface area contributed by atoms with Gasteiger partial charge in [-0.25, -0.2) is 29.9 Å². The minimum Gasteiger partial charge on any atom is -0.381 e. The SMILES string of the molecule is C1CCOC1.CC(=O)c1nc2ccccc2nc1Cl.CC(C#N)(OC1CCCCO1)c1nc2ccccc2nc1Cl.CC(C#N)OC1CCCCO1.Clc1nc2ccccc2nc1Cl. The number of rotatable bonds is 6. The fraction of sp³-hybridized carbons (Fsp3) is 0.413. The molecule has 0 N–H and O–H groups in total. The lowest BCUT2D eigenvalue weighted by Crippen LogP contribution is -2.34. The number of hydrogen-bond donors (Lipinski definition) is 0. The number of carbonyl (C=O) groups is 1. The van der Waals surface area contributed by atoms with E-state index < -0.39 is 11.9 Å². The molecule has 18 heteroatoms. The highest BCUT2D eigenvalue weighted by atomic mass is 35.5. The summed E-state index contributed by atoms with van der Waals surface area (Å²) < 4.78 is 26.9. The van der Waals surface area contributed by atoms with Crippen molar-refractivity contribution in [2.24, 2.45) is 0 Å². The molecule has 0 saturated carbocycles. The summed E-state index contributed by atoms with van der Waals surface area (Å²) in [6, 6.07) is 26.3. The van der Waals surface area contributed by atoms with Crippen molar-refractivity contribution in [2.45, 2.75) is 96.4 Å². The van der Waals surface area contributed by atoms with Gasteiger partial charge in [-0.3, -0.25) is 4.79 Å². The molecule has 0 spiro atoms. The summed E-state index contributed by atoms with van der Waals surface area (Å²) in [5.74, 6) is -0.173. The Bertz CT molecular complexity index is 2500. The van der Waals surface area contributed by atoms with Gasteiger partial charge in [-0.15, -0.1) is 0 Å². The molecule has 0 radical (unpaired) electrons. The van der Waals surface area contributed by atoms with Gasteiger partial charge in [0.25, 0.3) is 0 Å². The lowest BCUT2D eigenvalue weighted by molar-refractivity contribution is -0.208. The van der Waals surface area contributed by atoms with Crippen LogP contribution in [0.15, 0.2) is 72.8 Å². The largest absolute Gasteiger partial charge is 0.381 e. The van der Waals surface area contributed by atoms with Crippen LogP contribution in [-0.4, -0.2) is 80.8 Å². The van der Waals surface area contributed by atoms with Crippen molar-refractivity contribution in [2.75, 3.05) is 26.4 Å². The van der Waals surface area contributed by atoms with E-state index in [4.69, 9.17) is 75.3 Å². The van der Waals surface area contributed by atoms with Gasteiger partial charge in [0.1, 0.15) is 23.6 Å². The number of aromatic nitrogens is 6. The average Bonchev–Trinajstić information content (AvgIpc) is 3.91. The van der Waals surface area contributed by atoms with E-state index >= 15 is 0 Å². The summed E-state index contributed by atoms with van der Waals surface area (Å²) in [6.07, 6.45) is 7.62. The maximum atomic E-state index is 11.1. The van der Waals surface area contributed by atoms with Crippen LogP contribution in [0, 0.1) is 22.7 Å². The van der Waals surface area contributed by atoms with Crippen molar-refractivity contribution in [3.8, 4) is 12.1 Å². The first-order valence-corrected chi connectivity index (χ1v) is 22.3. The molecule has 4 unspecified atom stereocenters. The number of Topliss-reactive ketones (excluding diaryl/α,β-unsaturated/α-hetero) is 1. The fourth-order valence-electron chi connectivity index (χ4n) is 6.23. The van der Waals surface area contributed by atoms with Gasteiger partial charge in [0, 0.05) is 33.4 Å². The van der Waals surface area contributed by atoms with Crippen molar-refractivity contribution in [1.82, 2.24) is 29.9 Å². The molecule has 3 aromatic carbocycles. The Hall–Kier alpha value is -4.71.